The van der Waals surface area contributed by atoms with Crippen molar-refractivity contribution < 1.29 is 0 Å². The van der Waals surface area contributed by atoms with Gasteiger partial charge in [0, 0.05) is 44.7 Å². The summed E-state index contributed by atoms with van der Waals surface area (Å²) in [4.78, 5) is 18.4. The van der Waals surface area contributed by atoms with Crippen molar-refractivity contribution in [2.45, 2.75) is 5.41 Å². The molecule has 2 aliphatic rings. The van der Waals surface area contributed by atoms with E-state index >= 15 is 0 Å². The maximum atomic E-state index is 5.47. The zero-order valence-corrected chi connectivity index (χ0v) is 34.1. The third-order valence-electron chi connectivity index (χ3n) is 13.0. The van der Waals surface area contributed by atoms with E-state index in [4.69, 9.17) is 15.0 Å². The van der Waals surface area contributed by atoms with Gasteiger partial charge in [-0.1, -0.05) is 176 Å². The van der Waals surface area contributed by atoms with Crippen LogP contribution in [0.25, 0.3) is 72.8 Å². The molecule has 11 aromatic rings. The highest BCUT2D eigenvalue weighted by atomic mass is 15.2. The molecule has 0 unspecified atom stereocenters. The van der Waals surface area contributed by atoms with E-state index in [-0.39, 0.29) is 0 Å². The minimum Gasteiger partial charge on any atom is -0.310 e. The summed E-state index contributed by atoms with van der Waals surface area (Å²) in [6, 6.07) is 80.3. The van der Waals surface area contributed by atoms with E-state index in [1.54, 1.807) is 0 Å². The van der Waals surface area contributed by atoms with Gasteiger partial charge in [0.1, 0.15) is 0 Å². The van der Waals surface area contributed by atoms with Gasteiger partial charge in [-0.25, -0.2) is 4.98 Å². The Balaban J connectivity index is 1.17. The highest BCUT2D eigenvalue weighted by molar-refractivity contribution is 6.06. The van der Waals surface area contributed by atoms with Crippen LogP contribution in [0.4, 0.5) is 17.1 Å². The van der Waals surface area contributed by atoms with Crippen LogP contribution in [-0.2, 0) is 5.41 Å². The summed E-state index contributed by atoms with van der Waals surface area (Å²) in [5, 5.41) is 3.44. The fourth-order valence-corrected chi connectivity index (χ4v) is 10.4. The van der Waals surface area contributed by atoms with Gasteiger partial charge in [0.25, 0.3) is 0 Å². The number of aromatic nitrogens is 4. The smallest absolute Gasteiger partial charge is 0.238 e. The molecule has 0 amide bonds. The highest BCUT2D eigenvalue weighted by Gasteiger charge is 2.54. The first-order valence-corrected chi connectivity index (χ1v) is 21.5. The van der Waals surface area contributed by atoms with Crippen LogP contribution < -0.4 is 4.90 Å². The van der Waals surface area contributed by atoms with Crippen molar-refractivity contribution in [3.63, 3.8) is 0 Å². The Labute approximate surface area is 364 Å². The lowest BCUT2D eigenvalue weighted by atomic mass is 9.70. The summed E-state index contributed by atoms with van der Waals surface area (Å²) in [7, 11) is 0. The standard InChI is InChI=1S/C58H37N5/c1-4-19-39(20-5-1)55-59-56(41-33-32-38-18-10-11-21-40(38)36-41)61-57(60-55)63-52-35-34-44(62(42-22-6-2-7-23-42)43-24-8-3-9-25-43)37-48(52)53-54(63)47-28-14-17-31-51(47)58(53)49-29-15-12-26-45(49)46-27-13-16-30-50(46)58/h1-37H. The van der Waals surface area contributed by atoms with E-state index in [0.29, 0.717) is 17.6 Å². The fourth-order valence-electron chi connectivity index (χ4n) is 10.4. The maximum Gasteiger partial charge on any atom is 0.238 e. The molecule has 5 nitrogen and oxygen atoms in total. The highest BCUT2D eigenvalue weighted by Crippen LogP contribution is 2.65. The normalized spacial score (nSPS) is 12.9. The Kier molecular flexibility index (Phi) is 7.75. The molecular formula is C58H37N5. The minimum atomic E-state index is -0.609. The molecule has 13 rings (SSSR count). The molecule has 2 heterocycles. The molecule has 0 atom stereocenters. The van der Waals surface area contributed by atoms with Crippen LogP contribution in [0.15, 0.2) is 224 Å². The second-order valence-corrected chi connectivity index (χ2v) is 16.4. The number of fused-ring (bicyclic) bond motifs is 13. The van der Waals surface area contributed by atoms with Crippen molar-refractivity contribution in [2.75, 3.05) is 4.90 Å². The molecule has 63 heavy (non-hydrogen) atoms. The van der Waals surface area contributed by atoms with Gasteiger partial charge in [0.2, 0.25) is 5.95 Å². The molecule has 1 spiro atoms. The van der Waals surface area contributed by atoms with Crippen molar-refractivity contribution in [2.24, 2.45) is 0 Å². The van der Waals surface area contributed by atoms with Crippen LogP contribution in [0.5, 0.6) is 0 Å². The lowest BCUT2D eigenvalue weighted by Gasteiger charge is -2.30. The molecule has 0 N–H and O–H groups in total. The molecule has 9 aromatic carbocycles. The SMILES string of the molecule is c1ccc(-c2nc(-c3ccc4ccccc4c3)nc(-n3c4c(c5cc(N(c6ccccc6)c6ccccc6)ccc53)C3(c5ccccc5-c5ccccc53)c3ccccc3-4)n2)cc1. The van der Waals surface area contributed by atoms with E-state index in [9.17, 15) is 0 Å². The number of anilines is 3. The van der Waals surface area contributed by atoms with E-state index in [2.05, 4.69) is 216 Å². The first-order valence-electron chi connectivity index (χ1n) is 21.5. The van der Waals surface area contributed by atoms with Crippen molar-refractivity contribution in [1.29, 1.82) is 0 Å². The van der Waals surface area contributed by atoms with E-state index in [0.717, 1.165) is 55.7 Å². The summed E-state index contributed by atoms with van der Waals surface area (Å²) in [5.41, 5.74) is 15.3. The second-order valence-electron chi connectivity index (χ2n) is 16.4. The summed E-state index contributed by atoms with van der Waals surface area (Å²) >= 11 is 0. The van der Waals surface area contributed by atoms with Gasteiger partial charge in [-0.2, -0.15) is 9.97 Å². The zero-order chi connectivity index (χ0) is 41.5. The average molecular weight is 804 g/mol. The largest absolute Gasteiger partial charge is 0.310 e. The predicted molar refractivity (Wildman–Crippen MR) is 256 cm³/mol. The van der Waals surface area contributed by atoms with Crippen LogP contribution in [-0.4, -0.2) is 19.5 Å². The molecule has 0 saturated heterocycles. The molecular weight excluding hydrogens is 767 g/mol. The van der Waals surface area contributed by atoms with Crippen molar-refractivity contribution in [3.05, 3.63) is 247 Å². The van der Waals surface area contributed by atoms with Crippen LogP contribution >= 0.6 is 0 Å². The summed E-state index contributed by atoms with van der Waals surface area (Å²) < 4.78 is 2.32. The minimum absolute atomic E-state index is 0.570. The van der Waals surface area contributed by atoms with Gasteiger partial charge in [-0.15, -0.1) is 0 Å². The Morgan fingerprint density at radius 3 is 1.56 bits per heavy atom. The molecule has 0 saturated carbocycles. The topological polar surface area (TPSA) is 46.8 Å². The quantitative estimate of drug-likeness (QED) is 0.168. The van der Waals surface area contributed by atoms with Crippen LogP contribution in [0, 0.1) is 0 Å². The maximum absolute atomic E-state index is 5.47. The molecule has 5 heteroatoms. The molecule has 294 valence electrons. The number of hydrogen-bond acceptors (Lipinski definition) is 4. The van der Waals surface area contributed by atoms with Crippen molar-refractivity contribution in [1.82, 2.24) is 19.5 Å². The molecule has 0 bridgehead atoms. The van der Waals surface area contributed by atoms with Crippen LogP contribution in [0.1, 0.15) is 22.3 Å². The first kappa shape index (κ1) is 35.4. The first-order chi connectivity index (χ1) is 31.3. The lowest BCUT2D eigenvalue weighted by molar-refractivity contribution is 0.800. The Hall–Kier alpha value is -8.41. The summed E-state index contributed by atoms with van der Waals surface area (Å²) in [6.07, 6.45) is 0. The van der Waals surface area contributed by atoms with Crippen molar-refractivity contribution in [3.8, 4) is 51.1 Å². The Bertz CT molecular complexity index is 3490. The third-order valence-corrected chi connectivity index (χ3v) is 13.0. The second kappa shape index (κ2) is 13.8. The van der Waals surface area contributed by atoms with Gasteiger partial charge >= 0.3 is 0 Å². The zero-order valence-electron chi connectivity index (χ0n) is 34.1. The molecule has 0 radical (unpaired) electrons. The van der Waals surface area contributed by atoms with Gasteiger partial charge in [0.15, 0.2) is 11.6 Å². The van der Waals surface area contributed by atoms with E-state index in [1.807, 2.05) is 18.2 Å². The number of rotatable bonds is 6. The Morgan fingerprint density at radius 1 is 0.381 bits per heavy atom. The Morgan fingerprint density at radius 2 is 0.905 bits per heavy atom. The summed E-state index contributed by atoms with van der Waals surface area (Å²) in [6.45, 7) is 0. The summed E-state index contributed by atoms with van der Waals surface area (Å²) in [5.74, 6) is 1.81. The monoisotopic (exact) mass is 803 g/mol. The number of hydrogen-bond donors (Lipinski definition) is 0. The van der Waals surface area contributed by atoms with Crippen LogP contribution in [0.2, 0.25) is 0 Å². The lowest BCUT2D eigenvalue weighted by Crippen LogP contribution is -2.25. The molecule has 0 aliphatic heterocycles. The van der Waals surface area contributed by atoms with Crippen molar-refractivity contribution >= 4 is 38.7 Å². The number of nitrogens with zero attached hydrogens (tertiary/aromatic N) is 5. The predicted octanol–water partition coefficient (Wildman–Crippen LogP) is 14.1. The van der Waals surface area contributed by atoms with Gasteiger partial charge in [-0.05, 0) is 87.1 Å². The average Bonchev–Trinajstić information content (AvgIpc) is 3.96. The van der Waals surface area contributed by atoms with Gasteiger partial charge in [0.05, 0.1) is 16.6 Å². The fraction of sp³-hybridized carbons (Fsp3) is 0.0172. The van der Waals surface area contributed by atoms with Crippen LogP contribution in [0.3, 0.4) is 0 Å². The van der Waals surface area contributed by atoms with Gasteiger partial charge in [-0.3, -0.25) is 4.57 Å². The molecule has 2 aliphatic carbocycles. The number of para-hydroxylation sites is 2. The van der Waals surface area contributed by atoms with E-state index in [1.165, 1.54) is 38.8 Å². The number of benzene rings is 9. The molecule has 0 fully saturated rings. The van der Waals surface area contributed by atoms with Gasteiger partial charge < -0.3 is 4.90 Å². The third kappa shape index (κ3) is 5.20. The molecule has 2 aromatic heterocycles. The van der Waals surface area contributed by atoms with E-state index < -0.39 is 5.41 Å².